The first-order valence-electron chi connectivity index (χ1n) is 9.12. The van der Waals surface area contributed by atoms with Gasteiger partial charge in [0, 0.05) is 13.2 Å². The molecule has 0 radical (unpaired) electrons. The molecule has 0 saturated carbocycles. The average molecular weight is 286 g/mol. The van der Waals surface area contributed by atoms with E-state index in [0.717, 1.165) is 19.1 Å². The highest BCUT2D eigenvalue weighted by atomic mass is 16.5. The van der Waals surface area contributed by atoms with Crippen LogP contribution in [0.3, 0.4) is 0 Å². The third kappa shape index (κ3) is 14.3. The zero-order chi connectivity index (χ0) is 14.9. The number of ether oxygens (including phenoxy) is 1. The Morgan fingerprint density at radius 3 is 1.80 bits per heavy atom. The summed E-state index contributed by atoms with van der Waals surface area (Å²) in [5, 5.41) is 0. The largest absolute Gasteiger partial charge is 0.380 e. The molecule has 0 saturated heterocycles. The van der Waals surface area contributed by atoms with E-state index in [1.54, 1.807) is 0 Å². The van der Waals surface area contributed by atoms with Gasteiger partial charge in [0.15, 0.2) is 0 Å². The highest BCUT2D eigenvalue weighted by Gasteiger charge is 2.08. The second kappa shape index (κ2) is 17.0. The van der Waals surface area contributed by atoms with Crippen LogP contribution in [0.25, 0.3) is 0 Å². The van der Waals surface area contributed by atoms with Crippen molar-refractivity contribution in [2.75, 3.05) is 19.8 Å². The van der Waals surface area contributed by atoms with Gasteiger partial charge in [-0.1, -0.05) is 84.5 Å². The van der Waals surface area contributed by atoms with E-state index in [1.807, 2.05) is 0 Å². The number of hydrogen-bond donors (Lipinski definition) is 1. The van der Waals surface area contributed by atoms with Crippen LogP contribution in [0.1, 0.15) is 90.9 Å². The van der Waals surface area contributed by atoms with E-state index in [-0.39, 0.29) is 0 Å². The van der Waals surface area contributed by atoms with Crippen LogP contribution in [-0.2, 0) is 4.74 Å². The van der Waals surface area contributed by atoms with Crippen LogP contribution >= 0.6 is 0 Å². The lowest BCUT2D eigenvalue weighted by molar-refractivity contribution is 0.123. The Bertz CT molecular complexity index is 161. The number of nitrogens with two attached hydrogens (primary N) is 1. The molecular formula is C18H39NO. The van der Waals surface area contributed by atoms with Crippen LogP contribution in [0.2, 0.25) is 0 Å². The minimum atomic E-state index is 0.651. The first-order valence-corrected chi connectivity index (χ1v) is 9.12. The standard InChI is InChI=1S/C18H39NO/c1-3-5-7-9-11-13-18(12-10-8-6-4-2)14-16-20-17-15-19/h18H,3-17,19H2,1-2H3. The molecule has 0 aromatic heterocycles. The maximum Gasteiger partial charge on any atom is 0.0588 e. The molecule has 0 bridgehead atoms. The van der Waals surface area contributed by atoms with Gasteiger partial charge in [-0.2, -0.15) is 0 Å². The molecule has 0 heterocycles. The van der Waals surface area contributed by atoms with Crippen LogP contribution in [0.15, 0.2) is 0 Å². The van der Waals surface area contributed by atoms with Gasteiger partial charge in [0.05, 0.1) is 6.61 Å². The summed E-state index contributed by atoms with van der Waals surface area (Å²) < 4.78 is 5.56. The zero-order valence-electron chi connectivity index (χ0n) is 14.2. The van der Waals surface area contributed by atoms with Crippen molar-refractivity contribution in [2.24, 2.45) is 11.7 Å². The maximum absolute atomic E-state index is 5.56. The van der Waals surface area contributed by atoms with Crippen molar-refractivity contribution < 1.29 is 4.74 Å². The quantitative estimate of drug-likeness (QED) is 0.391. The average Bonchev–Trinajstić information content (AvgIpc) is 2.47. The molecule has 0 aliphatic heterocycles. The van der Waals surface area contributed by atoms with Crippen molar-refractivity contribution >= 4 is 0 Å². The van der Waals surface area contributed by atoms with E-state index in [1.165, 1.54) is 77.0 Å². The van der Waals surface area contributed by atoms with Crippen LogP contribution < -0.4 is 5.73 Å². The van der Waals surface area contributed by atoms with Gasteiger partial charge in [-0.05, 0) is 12.3 Å². The minimum Gasteiger partial charge on any atom is -0.380 e. The fourth-order valence-corrected chi connectivity index (χ4v) is 2.76. The Hall–Kier alpha value is -0.0800. The Kier molecular flexibility index (Phi) is 16.9. The first-order chi connectivity index (χ1) is 9.85. The van der Waals surface area contributed by atoms with Crippen LogP contribution in [0.5, 0.6) is 0 Å². The van der Waals surface area contributed by atoms with Gasteiger partial charge >= 0.3 is 0 Å². The molecule has 122 valence electrons. The van der Waals surface area contributed by atoms with Crippen molar-refractivity contribution in [3.8, 4) is 0 Å². The molecule has 0 amide bonds. The summed E-state index contributed by atoms with van der Waals surface area (Å²) in [7, 11) is 0. The summed E-state index contributed by atoms with van der Waals surface area (Å²) in [6.45, 7) is 6.85. The third-order valence-electron chi connectivity index (χ3n) is 4.11. The monoisotopic (exact) mass is 285 g/mol. The SMILES string of the molecule is CCCCCCCC(CCCCCC)CCOCCN. The molecule has 1 unspecified atom stereocenters. The van der Waals surface area contributed by atoms with Crippen molar-refractivity contribution in [3.63, 3.8) is 0 Å². The summed E-state index contributed by atoms with van der Waals surface area (Å²) in [5.74, 6) is 0.881. The maximum atomic E-state index is 5.56. The lowest BCUT2D eigenvalue weighted by atomic mass is 9.92. The molecule has 0 fully saturated rings. The van der Waals surface area contributed by atoms with E-state index in [9.17, 15) is 0 Å². The van der Waals surface area contributed by atoms with Gasteiger partial charge in [0.2, 0.25) is 0 Å². The Morgan fingerprint density at radius 1 is 0.700 bits per heavy atom. The molecular weight excluding hydrogens is 246 g/mol. The minimum absolute atomic E-state index is 0.651. The lowest BCUT2D eigenvalue weighted by Crippen LogP contribution is -2.11. The van der Waals surface area contributed by atoms with Gasteiger partial charge in [0.1, 0.15) is 0 Å². The molecule has 1 atom stereocenters. The highest BCUT2D eigenvalue weighted by molar-refractivity contribution is 4.61. The smallest absolute Gasteiger partial charge is 0.0588 e. The number of unbranched alkanes of at least 4 members (excludes halogenated alkanes) is 7. The van der Waals surface area contributed by atoms with E-state index >= 15 is 0 Å². The molecule has 20 heavy (non-hydrogen) atoms. The molecule has 2 nitrogen and oxygen atoms in total. The molecule has 0 aliphatic carbocycles. The lowest BCUT2D eigenvalue weighted by Gasteiger charge is -2.17. The summed E-state index contributed by atoms with van der Waals surface area (Å²) in [5.41, 5.74) is 5.46. The molecule has 0 rings (SSSR count). The Labute approximate surface area is 127 Å². The second-order valence-electron chi connectivity index (χ2n) is 6.11. The summed E-state index contributed by atoms with van der Waals surface area (Å²) in [6.07, 6.45) is 16.6. The van der Waals surface area contributed by atoms with Gasteiger partial charge in [-0.15, -0.1) is 0 Å². The zero-order valence-corrected chi connectivity index (χ0v) is 14.2. The van der Waals surface area contributed by atoms with Crippen LogP contribution in [0, 0.1) is 5.92 Å². The van der Waals surface area contributed by atoms with Crippen molar-refractivity contribution in [3.05, 3.63) is 0 Å². The summed E-state index contributed by atoms with van der Waals surface area (Å²) in [6, 6.07) is 0. The topological polar surface area (TPSA) is 35.2 Å². The van der Waals surface area contributed by atoms with E-state index in [0.29, 0.717) is 6.54 Å². The predicted octanol–water partition coefficient (Wildman–Crippen LogP) is 5.30. The van der Waals surface area contributed by atoms with Gasteiger partial charge in [-0.25, -0.2) is 0 Å². The number of hydrogen-bond acceptors (Lipinski definition) is 2. The molecule has 0 aromatic rings. The normalized spacial score (nSPS) is 12.8. The number of rotatable bonds is 16. The van der Waals surface area contributed by atoms with Crippen molar-refractivity contribution in [1.82, 2.24) is 0 Å². The molecule has 0 spiro atoms. The van der Waals surface area contributed by atoms with E-state index in [2.05, 4.69) is 13.8 Å². The van der Waals surface area contributed by atoms with Gasteiger partial charge < -0.3 is 10.5 Å². The second-order valence-corrected chi connectivity index (χ2v) is 6.11. The first kappa shape index (κ1) is 19.9. The fourth-order valence-electron chi connectivity index (χ4n) is 2.76. The van der Waals surface area contributed by atoms with Crippen molar-refractivity contribution in [2.45, 2.75) is 90.9 Å². The summed E-state index contributed by atoms with van der Waals surface area (Å²) in [4.78, 5) is 0. The molecule has 0 aliphatic rings. The highest BCUT2D eigenvalue weighted by Crippen LogP contribution is 2.21. The predicted molar refractivity (Wildman–Crippen MR) is 90.1 cm³/mol. The Balaban J connectivity index is 3.67. The van der Waals surface area contributed by atoms with E-state index < -0.39 is 0 Å². The van der Waals surface area contributed by atoms with Crippen LogP contribution in [0.4, 0.5) is 0 Å². The van der Waals surface area contributed by atoms with E-state index in [4.69, 9.17) is 10.5 Å². The molecule has 0 aromatic carbocycles. The van der Waals surface area contributed by atoms with Gasteiger partial charge in [-0.3, -0.25) is 0 Å². The fraction of sp³-hybridized carbons (Fsp3) is 1.00. The van der Waals surface area contributed by atoms with Crippen LogP contribution in [-0.4, -0.2) is 19.8 Å². The Morgan fingerprint density at radius 2 is 1.25 bits per heavy atom. The van der Waals surface area contributed by atoms with Gasteiger partial charge in [0.25, 0.3) is 0 Å². The third-order valence-corrected chi connectivity index (χ3v) is 4.11. The molecule has 2 N–H and O–H groups in total. The summed E-state index contributed by atoms with van der Waals surface area (Å²) >= 11 is 0. The van der Waals surface area contributed by atoms with Crippen molar-refractivity contribution in [1.29, 1.82) is 0 Å². The molecule has 2 heteroatoms.